The van der Waals surface area contributed by atoms with Crippen molar-refractivity contribution in [1.82, 2.24) is 4.98 Å². The molecule has 5 rings (SSSR count). The van der Waals surface area contributed by atoms with Crippen LogP contribution in [0.4, 0.5) is 15.8 Å². The Kier molecular flexibility index (Phi) is 5.84. The number of ketones is 1. The van der Waals surface area contributed by atoms with Crippen molar-refractivity contribution in [2.24, 2.45) is 0 Å². The number of hydrogen-bond acceptors (Lipinski definition) is 5. The first-order chi connectivity index (χ1) is 16.5. The topological polar surface area (TPSA) is 73.7 Å². The van der Waals surface area contributed by atoms with E-state index in [2.05, 4.69) is 9.88 Å². The highest BCUT2D eigenvalue weighted by molar-refractivity contribution is 6.51. The van der Waals surface area contributed by atoms with E-state index in [4.69, 9.17) is 0 Å². The number of piperidine rings is 1. The number of rotatable bonds is 4. The lowest BCUT2D eigenvalue weighted by Gasteiger charge is -2.30. The fourth-order valence-corrected chi connectivity index (χ4v) is 4.69. The first-order valence-corrected chi connectivity index (χ1v) is 11.4. The Balaban J connectivity index is 1.59. The summed E-state index contributed by atoms with van der Waals surface area (Å²) in [5.41, 5.74) is 2.42. The van der Waals surface area contributed by atoms with E-state index >= 15 is 0 Å². The largest absolute Gasteiger partial charge is 0.507 e. The van der Waals surface area contributed by atoms with E-state index in [0.717, 1.165) is 31.6 Å². The molecule has 2 fully saturated rings. The maximum atomic E-state index is 13.4. The second kappa shape index (κ2) is 9.09. The second-order valence-corrected chi connectivity index (χ2v) is 8.53. The van der Waals surface area contributed by atoms with Gasteiger partial charge in [-0.3, -0.25) is 19.5 Å². The molecule has 1 aromatic heterocycles. The number of nitrogens with zero attached hydrogens (tertiary/aromatic N) is 3. The van der Waals surface area contributed by atoms with Gasteiger partial charge in [0, 0.05) is 42.4 Å². The minimum Gasteiger partial charge on any atom is -0.507 e. The Morgan fingerprint density at radius 1 is 0.912 bits per heavy atom. The SMILES string of the molecule is O=C1C(=O)N(c2ccc(N3CCCCC3)cc2)C(c2cccnc2)/C1=C(\O)c1ccc(F)cc1. The maximum absolute atomic E-state index is 13.4. The van der Waals surface area contributed by atoms with Gasteiger partial charge >= 0.3 is 0 Å². The number of pyridine rings is 1. The van der Waals surface area contributed by atoms with Crippen molar-refractivity contribution < 1.29 is 19.1 Å². The normalized spacial score (nSPS) is 20.1. The van der Waals surface area contributed by atoms with E-state index in [-0.39, 0.29) is 16.9 Å². The molecule has 0 aliphatic carbocycles. The standard InChI is InChI=1S/C27H24FN3O3/c28-20-8-6-18(7-9-20)25(32)23-24(19-5-4-14-29-17-19)31(27(34)26(23)33)22-12-10-21(11-13-22)30-15-2-1-3-16-30/h4-14,17,24,32H,1-3,15-16H2/b25-23+. The van der Waals surface area contributed by atoms with Gasteiger partial charge in [-0.05, 0) is 79.4 Å². The highest BCUT2D eigenvalue weighted by Crippen LogP contribution is 2.42. The van der Waals surface area contributed by atoms with Gasteiger partial charge in [0.05, 0.1) is 11.6 Å². The number of carbonyl (C=O) groups is 2. The van der Waals surface area contributed by atoms with Gasteiger partial charge < -0.3 is 10.0 Å². The van der Waals surface area contributed by atoms with Crippen molar-refractivity contribution in [3.63, 3.8) is 0 Å². The average Bonchev–Trinajstić information content (AvgIpc) is 3.15. The zero-order valence-electron chi connectivity index (χ0n) is 18.5. The molecule has 34 heavy (non-hydrogen) atoms. The molecular weight excluding hydrogens is 433 g/mol. The van der Waals surface area contributed by atoms with Crippen LogP contribution in [0.25, 0.3) is 5.76 Å². The summed E-state index contributed by atoms with van der Waals surface area (Å²) in [6, 6.07) is 15.3. The van der Waals surface area contributed by atoms with E-state index in [1.807, 2.05) is 24.3 Å². The summed E-state index contributed by atoms with van der Waals surface area (Å²) in [6.45, 7) is 1.99. The number of hydrogen-bond donors (Lipinski definition) is 1. The van der Waals surface area contributed by atoms with Crippen molar-refractivity contribution in [2.75, 3.05) is 22.9 Å². The zero-order valence-corrected chi connectivity index (χ0v) is 18.5. The molecule has 1 N–H and O–H groups in total. The molecule has 1 unspecified atom stereocenters. The molecule has 7 heteroatoms. The summed E-state index contributed by atoms with van der Waals surface area (Å²) in [5.74, 6) is -2.34. The third kappa shape index (κ3) is 3.94. The monoisotopic (exact) mass is 457 g/mol. The molecule has 2 aliphatic rings. The van der Waals surface area contributed by atoms with Crippen molar-refractivity contribution in [3.8, 4) is 0 Å². The molecular formula is C27H24FN3O3. The van der Waals surface area contributed by atoms with Gasteiger partial charge in [0.1, 0.15) is 11.6 Å². The Bertz CT molecular complexity index is 1230. The third-order valence-corrected chi connectivity index (χ3v) is 6.41. The quantitative estimate of drug-likeness (QED) is 0.345. The summed E-state index contributed by atoms with van der Waals surface area (Å²) in [5, 5.41) is 11.0. The zero-order chi connectivity index (χ0) is 23.7. The van der Waals surface area contributed by atoms with Crippen LogP contribution in [0.2, 0.25) is 0 Å². The van der Waals surface area contributed by atoms with Gasteiger partial charge in [-0.1, -0.05) is 6.07 Å². The van der Waals surface area contributed by atoms with Crippen LogP contribution >= 0.6 is 0 Å². The van der Waals surface area contributed by atoms with Gasteiger partial charge in [0.2, 0.25) is 0 Å². The Morgan fingerprint density at radius 3 is 2.24 bits per heavy atom. The summed E-state index contributed by atoms with van der Waals surface area (Å²) < 4.78 is 13.4. The Labute approximate surface area is 197 Å². The van der Waals surface area contributed by atoms with Crippen LogP contribution in [0.15, 0.2) is 78.6 Å². The van der Waals surface area contributed by atoms with Crippen molar-refractivity contribution >= 4 is 28.8 Å². The molecule has 1 atom stereocenters. The minimum atomic E-state index is -0.861. The molecule has 172 valence electrons. The van der Waals surface area contributed by atoms with Gasteiger partial charge in [-0.25, -0.2) is 4.39 Å². The number of aromatic nitrogens is 1. The number of carbonyl (C=O) groups excluding carboxylic acids is 2. The molecule has 2 aromatic carbocycles. The van der Waals surface area contributed by atoms with Gasteiger partial charge in [-0.15, -0.1) is 0 Å². The number of anilines is 2. The van der Waals surface area contributed by atoms with E-state index < -0.39 is 23.5 Å². The van der Waals surface area contributed by atoms with Crippen LogP contribution in [0.5, 0.6) is 0 Å². The molecule has 1 amide bonds. The highest BCUT2D eigenvalue weighted by Gasteiger charge is 2.47. The molecule has 0 saturated carbocycles. The van der Waals surface area contributed by atoms with Gasteiger partial charge in [0.25, 0.3) is 11.7 Å². The first kappa shape index (κ1) is 21.8. The summed E-state index contributed by atoms with van der Waals surface area (Å²) in [4.78, 5) is 34.2. The minimum absolute atomic E-state index is 0.0512. The molecule has 0 bridgehead atoms. The van der Waals surface area contributed by atoms with E-state index in [0.29, 0.717) is 11.3 Å². The van der Waals surface area contributed by atoms with Crippen molar-refractivity contribution in [2.45, 2.75) is 25.3 Å². The summed E-state index contributed by atoms with van der Waals surface area (Å²) in [6.07, 6.45) is 6.71. The highest BCUT2D eigenvalue weighted by atomic mass is 19.1. The molecule has 6 nitrogen and oxygen atoms in total. The van der Waals surface area contributed by atoms with E-state index in [9.17, 15) is 19.1 Å². The number of Topliss-reactive ketones (excluding diaryl/α,β-unsaturated/α-hetero) is 1. The van der Waals surface area contributed by atoms with Crippen LogP contribution in [-0.4, -0.2) is 34.9 Å². The van der Waals surface area contributed by atoms with Crippen LogP contribution in [-0.2, 0) is 9.59 Å². The third-order valence-electron chi connectivity index (χ3n) is 6.41. The van der Waals surface area contributed by atoms with Gasteiger partial charge in [0.15, 0.2) is 0 Å². The van der Waals surface area contributed by atoms with Gasteiger partial charge in [-0.2, -0.15) is 0 Å². The molecule has 3 aromatic rings. The lowest BCUT2D eigenvalue weighted by Crippen LogP contribution is -2.30. The predicted octanol–water partition coefficient (Wildman–Crippen LogP) is 4.84. The number of benzene rings is 2. The second-order valence-electron chi connectivity index (χ2n) is 8.53. The Morgan fingerprint density at radius 2 is 1.59 bits per heavy atom. The lowest BCUT2D eigenvalue weighted by molar-refractivity contribution is -0.132. The number of halogens is 1. The smallest absolute Gasteiger partial charge is 0.300 e. The fraction of sp³-hybridized carbons (Fsp3) is 0.222. The Hall–Kier alpha value is -4.00. The predicted molar refractivity (Wildman–Crippen MR) is 128 cm³/mol. The van der Waals surface area contributed by atoms with E-state index in [1.54, 1.807) is 24.5 Å². The number of amides is 1. The summed E-state index contributed by atoms with van der Waals surface area (Å²) >= 11 is 0. The van der Waals surface area contributed by atoms with Crippen LogP contribution in [0, 0.1) is 5.82 Å². The molecule has 0 radical (unpaired) electrons. The van der Waals surface area contributed by atoms with Crippen molar-refractivity contribution in [1.29, 1.82) is 0 Å². The average molecular weight is 458 g/mol. The van der Waals surface area contributed by atoms with E-state index in [1.165, 1.54) is 35.6 Å². The van der Waals surface area contributed by atoms with Crippen LogP contribution < -0.4 is 9.80 Å². The number of aliphatic hydroxyl groups is 1. The number of aliphatic hydroxyl groups excluding tert-OH is 1. The molecule has 3 heterocycles. The molecule has 2 saturated heterocycles. The van der Waals surface area contributed by atoms with Crippen LogP contribution in [0.1, 0.15) is 36.4 Å². The summed E-state index contributed by atoms with van der Waals surface area (Å²) in [7, 11) is 0. The molecule has 0 spiro atoms. The lowest BCUT2D eigenvalue weighted by atomic mass is 9.96. The maximum Gasteiger partial charge on any atom is 0.300 e. The fourth-order valence-electron chi connectivity index (χ4n) is 4.69. The molecule has 2 aliphatic heterocycles. The first-order valence-electron chi connectivity index (χ1n) is 11.4. The van der Waals surface area contributed by atoms with Crippen LogP contribution in [0.3, 0.4) is 0 Å². The van der Waals surface area contributed by atoms with Crippen molar-refractivity contribution in [3.05, 3.63) is 95.6 Å².